The van der Waals surface area contributed by atoms with Crippen molar-refractivity contribution in [3.05, 3.63) is 54.0 Å². The summed E-state index contributed by atoms with van der Waals surface area (Å²) in [5, 5.41) is 0.348. The Bertz CT molecular complexity index is 514. The molecule has 1 aromatic carbocycles. The number of aromatic nitrogens is 2. The van der Waals surface area contributed by atoms with Crippen LogP contribution in [-0.2, 0) is 0 Å². The number of benzene rings is 1. The average molecular weight is 233 g/mol. The molecular weight excluding hydrogens is 224 g/mol. The molecule has 4 heteroatoms. The van der Waals surface area contributed by atoms with Crippen molar-refractivity contribution in [3.8, 4) is 11.6 Å². The Kier molecular flexibility index (Phi) is 3.17. The molecule has 0 spiro atoms. The quantitative estimate of drug-likeness (QED) is 0.759. The third-order valence-corrected chi connectivity index (χ3v) is 2.17. The summed E-state index contributed by atoms with van der Waals surface area (Å²) in [5.41, 5.74) is 0.900. The van der Waals surface area contributed by atoms with Crippen molar-refractivity contribution in [1.82, 2.24) is 9.97 Å². The summed E-state index contributed by atoms with van der Waals surface area (Å²) in [6.45, 7) is 3.71. The smallest absolute Gasteiger partial charge is 0.223 e. The molecule has 1 heterocycles. The van der Waals surface area contributed by atoms with Crippen LogP contribution in [0.5, 0.6) is 11.6 Å². The van der Waals surface area contributed by atoms with Gasteiger partial charge in [-0.15, -0.1) is 0 Å². The predicted molar refractivity (Wildman–Crippen MR) is 63.6 cm³/mol. The standard InChI is InChI=1S/C12H9ClN2O/c1-2-9-5-3-4-6-10(9)16-12-7-11(13)14-8-15-12/h2-8H,1H2. The zero-order chi connectivity index (χ0) is 11.4. The SMILES string of the molecule is C=Cc1ccccc1Oc1cc(Cl)ncn1. The van der Waals surface area contributed by atoms with Crippen LogP contribution in [0.1, 0.15) is 5.56 Å². The van der Waals surface area contributed by atoms with E-state index in [2.05, 4.69) is 16.5 Å². The van der Waals surface area contributed by atoms with Gasteiger partial charge in [0.05, 0.1) is 0 Å². The van der Waals surface area contributed by atoms with Gasteiger partial charge >= 0.3 is 0 Å². The van der Waals surface area contributed by atoms with E-state index in [-0.39, 0.29) is 0 Å². The lowest BCUT2D eigenvalue weighted by Gasteiger charge is -2.07. The summed E-state index contributed by atoms with van der Waals surface area (Å²) in [4.78, 5) is 7.74. The molecule has 0 aliphatic heterocycles. The Morgan fingerprint density at radius 1 is 1.25 bits per heavy atom. The molecule has 0 unspecified atom stereocenters. The first-order chi connectivity index (χ1) is 7.79. The third kappa shape index (κ3) is 2.38. The summed E-state index contributed by atoms with van der Waals surface area (Å²) in [6.07, 6.45) is 3.08. The van der Waals surface area contributed by atoms with E-state index in [1.54, 1.807) is 12.1 Å². The van der Waals surface area contributed by atoms with Gasteiger partial charge in [0.2, 0.25) is 5.88 Å². The van der Waals surface area contributed by atoms with E-state index in [1.807, 2.05) is 24.3 Å². The molecule has 1 aromatic heterocycles. The van der Waals surface area contributed by atoms with Gasteiger partial charge in [0.25, 0.3) is 0 Å². The number of nitrogens with zero attached hydrogens (tertiary/aromatic N) is 2. The Labute approximate surface area is 98.4 Å². The van der Waals surface area contributed by atoms with E-state index in [4.69, 9.17) is 16.3 Å². The van der Waals surface area contributed by atoms with Crippen LogP contribution in [0, 0.1) is 0 Å². The highest BCUT2D eigenvalue weighted by atomic mass is 35.5. The Morgan fingerprint density at radius 3 is 2.81 bits per heavy atom. The highest BCUT2D eigenvalue weighted by Crippen LogP contribution is 2.25. The molecule has 80 valence electrons. The second kappa shape index (κ2) is 4.77. The van der Waals surface area contributed by atoms with Crippen LogP contribution in [0.2, 0.25) is 5.15 Å². The lowest BCUT2D eigenvalue weighted by Crippen LogP contribution is -1.90. The number of hydrogen-bond acceptors (Lipinski definition) is 3. The first-order valence-corrected chi connectivity index (χ1v) is 5.04. The second-order valence-corrected chi connectivity index (χ2v) is 3.41. The van der Waals surface area contributed by atoms with Gasteiger partial charge in [0.1, 0.15) is 17.2 Å². The molecule has 0 atom stereocenters. The van der Waals surface area contributed by atoms with Gasteiger partial charge in [0.15, 0.2) is 0 Å². The van der Waals surface area contributed by atoms with Crippen molar-refractivity contribution < 1.29 is 4.74 Å². The lowest BCUT2D eigenvalue weighted by molar-refractivity contribution is 0.460. The first kappa shape index (κ1) is 10.6. The minimum absolute atomic E-state index is 0.348. The maximum absolute atomic E-state index is 5.73. The molecule has 0 amide bonds. The Balaban J connectivity index is 2.30. The van der Waals surface area contributed by atoms with Crippen LogP contribution in [0.25, 0.3) is 6.08 Å². The number of hydrogen-bond donors (Lipinski definition) is 0. The average Bonchev–Trinajstić information content (AvgIpc) is 2.30. The largest absolute Gasteiger partial charge is 0.438 e. The number of halogens is 1. The van der Waals surface area contributed by atoms with Crippen LogP contribution < -0.4 is 4.74 Å². The van der Waals surface area contributed by atoms with E-state index in [0.717, 1.165) is 5.56 Å². The number of ether oxygens (including phenoxy) is 1. The van der Waals surface area contributed by atoms with Gasteiger partial charge in [-0.25, -0.2) is 9.97 Å². The first-order valence-electron chi connectivity index (χ1n) is 4.66. The minimum Gasteiger partial charge on any atom is -0.438 e. The van der Waals surface area contributed by atoms with Crippen LogP contribution >= 0.6 is 11.6 Å². The monoisotopic (exact) mass is 232 g/mol. The second-order valence-electron chi connectivity index (χ2n) is 3.02. The maximum atomic E-state index is 5.73. The summed E-state index contributed by atoms with van der Waals surface area (Å²) in [6, 6.07) is 9.10. The normalized spacial score (nSPS) is 9.81. The number of para-hydroxylation sites is 1. The Hall–Kier alpha value is -1.87. The molecule has 0 bridgehead atoms. The van der Waals surface area contributed by atoms with E-state index in [9.17, 15) is 0 Å². The fraction of sp³-hybridized carbons (Fsp3) is 0. The van der Waals surface area contributed by atoms with Gasteiger partial charge in [-0.1, -0.05) is 42.5 Å². The molecule has 0 aliphatic carbocycles. The minimum atomic E-state index is 0.348. The molecule has 0 radical (unpaired) electrons. The van der Waals surface area contributed by atoms with E-state index in [1.165, 1.54) is 6.33 Å². The van der Waals surface area contributed by atoms with Gasteiger partial charge in [-0.3, -0.25) is 0 Å². The summed E-state index contributed by atoms with van der Waals surface area (Å²) in [7, 11) is 0. The van der Waals surface area contributed by atoms with Crippen molar-refractivity contribution in [3.63, 3.8) is 0 Å². The molecular formula is C12H9ClN2O. The molecule has 0 fully saturated rings. The highest BCUT2D eigenvalue weighted by molar-refractivity contribution is 6.29. The summed E-state index contributed by atoms with van der Waals surface area (Å²) >= 11 is 5.73. The zero-order valence-electron chi connectivity index (χ0n) is 8.43. The molecule has 0 aliphatic rings. The predicted octanol–water partition coefficient (Wildman–Crippen LogP) is 3.57. The third-order valence-electron chi connectivity index (χ3n) is 1.96. The van der Waals surface area contributed by atoms with Gasteiger partial charge in [-0.05, 0) is 6.07 Å². The van der Waals surface area contributed by atoms with Gasteiger partial charge in [0, 0.05) is 11.6 Å². The zero-order valence-corrected chi connectivity index (χ0v) is 9.19. The van der Waals surface area contributed by atoms with Gasteiger partial charge in [-0.2, -0.15) is 0 Å². The van der Waals surface area contributed by atoms with Crippen molar-refractivity contribution >= 4 is 17.7 Å². The van der Waals surface area contributed by atoms with Crippen molar-refractivity contribution in [1.29, 1.82) is 0 Å². The Morgan fingerprint density at radius 2 is 2.06 bits per heavy atom. The van der Waals surface area contributed by atoms with Gasteiger partial charge < -0.3 is 4.74 Å². The summed E-state index contributed by atoms with van der Waals surface area (Å²) < 4.78 is 5.57. The van der Waals surface area contributed by atoms with E-state index < -0.39 is 0 Å². The molecule has 2 rings (SSSR count). The fourth-order valence-corrected chi connectivity index (χ4v) is 1.36. The van der Waals surface area contributed by atoms with Crippen LogP contribution in [-0.4, -0.2) is 9.97 Å². The van der Waals surface area contributed by atoms with Crippen molar-refractivity contribution in [2.45, 2.75) is 0 Å². The molecule has 3 nitrogen and oxygen atoms in total. The van der Waals surface area contributed by atoms with Crippen LogP contribution in [0.15, 0.2) is 43.2 Å². The molecule has 0 saturated carbocycles. The fourth-order valence-electron chi connectivity index (χ4n) is 1.23. The van der Waals surface area contributed by atoms with E-state index >= 15 is 0 Å². The van der Waals surface area contributed by atoms with Crippen LogP contribution in [0.4, 0.5) is 0 Å². The van der Waals surface area contributed by atoms with Crippen LogP contribution in [0.3, 0.4) is 0 Å². The van der Waals surface area contributed by atoms with Crippen molar-refractivity contribution in [2.24, 2.45) is 0 Å². The van der Waals surface area contributed by atoms with Crippen molar-refractivity contribution in [2.75, 3.05) is 0 Å². The molecule has 2 aromatic rings. The maximum Gasteiger partial charge on any atom is 0.223 e. The highest BCUT2D eigenvalue weighted by Gasteiger charge is 2.03. The molecule has 16 heavy (non-hydrogen) atoms. The number of rotatable bonds is 3. The molecule has 0 N–H and O–H groups in total. The van der Waals surface area contributed by atoms with E-state index in [0.29, 0.717) is 16.8 Å². The lowest BCUT2D eigenvalue weighted by atomic mass is 10.2. The molecule has 0 saturated heterocycles. The summed E-state index contributed by atoms with van der Waals surface area (Å²) in [5.74, 6) is 1.10. The topological polar surface area (TPSA) is 35.0 Å².